The summed E-state index contributed by atoms with van der Waals surface area (Å²) in [6.07, 6.45) is 3.92. The van der Waals surface area contributed by atoms with Gasteiger partial charge in [-0.2, -0.15) is 4.98 Å². The lowest BCUT2D eigenvalue weighted by molar-refractivity contribution is 0.0384. The van der Waals surface area contributed by atoms with Crippen LogP contribution in [0.4, 0.5) is 0 Å². The first-order valence-corrected chi connectivity index (χ1v) is 6.89. The number of hydrogen-bond acceptors (Lipinski definition) is 5. The van der Waals surface area contributed by atoms with E-state index in [1.807, 2.05) is 20.8 Å². The van der Waals surface area contributed by atoms with Gasteiger partial charge in [0, 0.05) is 6.61 Å². The first kappa shape index (κ1) is 13.5. The number of rotatable bonds is 7. The predicted octanol–water partition coefficient (Wildman–Crippen LogP) is 2.53. The van der Waals surface area contributed by atoms with Gasteiger partial charge in [-0.1, -0.05) is 19.0 Å². The minimum Gasteiger partial charge on any atom is -0.370 e. The van der Waals surface area contributed by atoms with Gasteiger partial charge in [0.1, 0.15) is 6.10 Å². The Morgan fingerprint density at radius 2 is 2.06 bits per heavy atom. The molecule has 102 valence electrons. The third-order valence-corrected chi connectivity index (χ3v) is 3.78. The molecule has 0 bridgehead atoms. The minimum atomic E-state index is -0.508. The zero-order valence-corrected chi connectivity index (χ0v) is 11.5. The van der Waals surface area contributed by atoms with Crippen LogP contribution < -0.4 is 5.73 Å². The van der Waals surface area contributed by atoms with Crippen molar-refractivity contribution in [2.75, 3.05) is 6.61 Å². The van der Waals surface area contributed by atoms with E-state index in [1.54, 1.807) is 0 Å². The highest BCUT2D eigenvalue weighted by atomic mass is 16.5. The van der Waals surface area contributed by atoms with E-state index in [-0.39, 0.29) is 6.10 Å². The molecule has 1 aliphatic carbocycles. The van der Waals surface area contributed by atoms with Crippen molar-refractivity contribution in [2.24, 2.45) is 11.7 Å². The van der Waals surface area contributed by atoms with E-state index >= 15 is 0 Å². The van der Waals surface area contributed by atoms with E-state index in [4.69, 9.17) is 15.0 Å². The lowest BCUT2D eigenvalue weighted by Gasteiger charge is -2.21. The SMILES string of the molecule is CCOC(c1noc(C(N)(CC)CC)n1)C1CC1. The van der Waals surface area contributed by atoms with Crippen LogP contribution in [0.25, 0.3) is 0 Å². The molecule has 1 aromatic rings. The third kappa shape index (κ3) is 2.57. The van der Waals surface area contributed by atoms with Crippen molar-refractivity contribution < 1.29 is 9.26 Å². The predicted molar refractivity (Wildman–Crippen MR) is 67.8 cm³/mol. The third-order valence-electron chi connectivity index (χ3n) is 3.78. The Balaban J connectivity index is 2.18. The summed E-state index contributed by atoms with van der Waals surface area (Å²) < 4.78 is 11.1. The molecule has 1 atom stereocenters. The van der Waals surface area contributed by atoms with Crippen molar-refractivity contribution in [3.05, 3.63) is 11.7 Å². The first-order chi connectivity index (χ1) is 8.64. The summed E-state index contributed by atoms with van der Waals surface area (Å²) in [5.74, 6) is 1.74. The Labute approximate surface area is 108 Å². The van der Waals surface area contributed by atoms with Crippen LogP contribution in [0.5, 0.6) is 0 Å². The van der Waals surface area contributed by atoms with Gasteiger partial charge < -0.3 is 15.0 Å². The average Bonchev–Trinajstić information content (AvgIpc) is 3.11. The van der Waals surface area contributed by atoms with Gasteiger partial charge in [-0.25, -0.2) is 0 Å². The topological polar surface area (TPSA) is 74.2 Å². The van der Waals surface area contributed by atoms with E-state index in [9.17, 15) is 0 Å². The second-order valence-electron chi connectivity index (χ2n) is 5.03. The summed E-state index contributed by atoms with van der Waals surface area (Å²) >= 11 is 0. The van der Waals surface area contributed by atoms with Crippen molar-refractivity contribution >= 4 is 0 Å². The number of nitrogens with two attached hydrogens (primary N) is 1. The summed E-state index contributed by atoms with van der Waals surface area (Å²) in [5, 5.41) is 4.07. The standard InChI is InChI=1S/C13H23N3O2/c1-4-13(14,5-2)12-15-11(16-18-12)10(17-6-3)9-7-8-9/h9-10H,4-8,14H2,1-3H3. The molecule has 2 N–H and O–H groups in total. The Hall–Kier alpha value is -0.940. The number of nitrogens with zero attached hydrogens (tertiary/aromatic N) is 2. The molecule has 0 radical (unpaired) electrons. The molecule has 0 amide bonds. The molecule has 1 heterocycles. The molecule has 0 aromatic carbocycles. The molecule has 1 unspecified atom stereocenters. The molecule has 1 aromatic heterocycles. The highest BCUT2D eigenvalue weighted by Crippen LogP contribution is 2.42. The number of hydrogen-bond donors (Lipinski definition) is 1. The van der Waals surface area contributed by atoms with Crippen molar-refractivity contribution in [2.45, 2.75) is 58.1 Å². The van der Waals surface area contributed by atoms with Crippen LogP contribution >= 0.6 is 0 Å². The molecule has 18 heavy (non-hydrogen) atoms. The molecular formula is C13H23N3O2. The van der Waals surface area contributed by atoms with E-state index in [0.29, 0.717) is 24.2 Å². The molecule has 5 nitrogen and oxygen atoms in total. The molecule has 0 aliphatic heterocycles. The number of ether oxygens (including phenoxy) is 1. The second-order valence-corrected chi connectivity index (χ2v) is 5.03. The summed E-state index contributed by atoms with van der Waals surface area (Å²) in [6.45, 7) is 6.73. The Bertz CT molecular complexity index is 383. The van der Waals surface area contributed by atoms with E-state index in [1.165, 1.54) is 12.8 Å². The highest BCUT2D eigenvalue weighted by Gasteiger charge is 2.38. The fraction of sp³-hybridized carbons (Fsp3) is 0.846. The quantitative estimate of drug-likeness (QED) is 0.808. The van der Waals surface area contributed by atoms with E-state index in [2.05, 4.69) is 10.1 Å². The van der Waals surface area contributed by atoms with Crippen molar-refractivity contribution in [3.63, 3.8) is 0 Å². The fourth-order valence-electron chi connectivity index (χ4n) is 2.11. The molecule has 1 saturated carbocycles. The van der Waals surface area contributed by atoms with Crippen LogP contribution in [0.2, 0.25) is 0 Å². The molecule has 1 aliphatic rings. The maximum Gasteiger partial charge on any atom is 0.246 e. The maximum absolute atomic E-state index is 6.26. The average molecular weight is 253 g/mol. The van der Waals surface area contributed by atoms with E-state index < -0.39 is 5.54 Å². The lowest BCUT2D eigenvalue weighted by atomic mass is 9.94. The zero-order chi connectivity index (χ0) is 13.2. The van der Waals surface area contributed by atoms with Gasteiger partial charge in [0.05, 0.1) is 5.54 Å². The molecule has 0 saturated heterocycles. The van der Waals surface area contributed by atoms with Crippen molar-refractivity contribution in [1.29, 1.82) is 0 Å². The van der Waals surface area contributed by atoms with Gasteiger partial charge in [-0.05, 0) is 38.5 Å². The summed E-state index contributed by atoms with van der Waals surface area (Å²) in [7, 11) is 0. The molecular weight excluding hydrogens is 230 g/mol. The largest absolute Gasteiger partial charge is 0.370 e. The highest BCUT2D eigenvalue weighted by molar-refractivity contribution is 5.05. The van der Waals surface area contributed by atoms with Gasteiger partial charge in [-0.15, -0.1) is 0 Å². The molecule has 2 rings (SSSR count). The zero-order valence-electron chi connectivity index (χ0n) is 11.5. The Kier molecular flexibility index (Phi) is 4.02. The lowest BCUT2D eigenvalue weighted by Crippen LogP contribution is -2.35. The van der Waals surface area contributed by atoms with Crippen LogP contribution in [0.1, 0.15) is 64.3 Å². The van der Waals surface area contributed by atoms with Crippen LogP contribution in [0, 0.1) is 5.92 Å². The van der Waals surface area contributed by atoms with Crippen LogP contribution in [0.15, 0.2) is 4.52 Å². The molecule has 0 spiro atoms. The summed E-state index contributed by atoms with van der Waals surface area (Å²) in [4.78, 5) is 4.48. The maximum atomic E-state index is 6.26. The van der Waals surface area contributed by atoms with Crippen LogP contribution in [-0.2, 0) is 10.3 Å². The number of aromatic nitrogens is 2. The van der Waals surface area contributed by atoms with Gasteiger partial charge >= 0.3 is 0 Å². The van der Waals surface area contributed by atoms with Gasteiger partial charge in [0.15, 0.2) is 0 Å². The van der Waals surface area contributed by atoms with Gasteiger partial charge in [0.2, 0.25) is 11.7 Å². The fourth-order valence-corrected chi connectivity index (χ4v) is 2.11. The normalized spacial score (nSPS) is 18.0. The smallest absolute Gasteiger partial charge is 0.246 e. The molecule has 1 fully saturated rings. The van der Waals surface area contributed by atoms with Crippen LogP contribution in [0.3, 0.4) is 0 Å². The Morgan fingerprint density at radius 3 is 2.56 bits per heavy atom. The monoisotopic (exact) mass is 253 g/mol. The van der Waals surface area contributed by atoms with Crippen LogP contribution in [-0.4, -0.2) is 16.7 Å². The Morgan fingerprint density at radius 1 is 1.39 bits per heavy atom. The van der Waals surface area contributed by atoms with Crippen molar-refractivity contribution in [3.8, 4) is 0 Å². The first-order valence-electron chi connectivity index (χ1n) is 6.89. The summed E-state index contributed by atoms with van der Waals surface area (Å²) in [6, 6.07) is 0. The van der Waals surface area contributed by atoms with Gasteiger partial charge in [0.25, 0.3) is 0 Å². The minimum absolute atomic E-state index is 0.0227. The second kappa shape index (κ2) is 5.36. The van der Waals surface area contributed by atoms with Crippen molar-refractivity contribution in [1.82, 2.24) is 10.1 Å². The molecule has 5 heteroatoms. The van der Waals surface area contributed by atoms with E-state index in [0.717, 1.165) is 12.8 Å². The van der Waals surface area contributed by atoms with Gasteiger partial charge in [-0.3, -0.25) is 0 Å². The summed E-state index contributed by atoms with van der Waals surface area (Å²) in [5.41, 5.74) is 5.75.